The van der Waals surface area contributed by atoms with Crippen LogP contribution in [0, 0.1) is 0 Å². The molecule has 0 saturated carbocycles. The molecule has 1 fully saturated rings. The summed E-state index contributed by atoms with van der Waals surface area (Å²) in [5.41, 5.74) is 1.32. The van der Waals surface area contributed by atoms with Gasteiger partial charge in [0.05, 0.1) is 0 Å². The molecular weight excluding hydrogens is 214 g/mol. The van der Waals surface area contributed by atoms with E-state index in [2.05, 4.69) is 29.2 Å². The second-order valence-corrected chi connectivity index (χ2v) is 4.59. The summed E-state index contributed by atoms with van der Waals surface area (Å²) in [4.78, 5) is 13.3. The summed E-state index contributed by atoms with van der Waals surface area (Å²) in [7, 11) is 0. The van der Waals surface area contributed by atoms with Crippen LogP contribution in [0.1, 0.15) is 25.3 Å². The minimum Gasteiger partial charge on any atom is -0.461 e. The topological polar surface area (TPSA) is 29.5 Å². The normalized spacial score (nSPS) is 21.1. The maximum atomic E-state index is 10.9. The first kappa shape index (κ1) is 12.1. The third-order valence-electron chi connectivity index (χ3n) is 3.04. The van der Waals surface area contributed by atoms with Gasteiger partial charge in [-0.2, -0.15) is 0 Å². The predicted molar refractivity (Wildman–Crippen MR) is 66.5 cm³/mol. The summed E-state index contributed by atoms with van der Waals surface area (Å²) < 4.78 is 5.28. The monoisotopic (exact) mass is 233 g/mol. The van der Waals surface area contributed by atoms with Gasteiger partial charge in [-0.3, -0.25) is 9.69 Å². The van der Waals surface area contributed by atoms with Gasteiger partial charge in [0.1, 0.15) is 6.10 Å². The van der Waals surface area contributed by atoms with Gasteiger partial charge in [-0.25, -0.2) is 0 Å². The summed E-state index contributed by atoms with van der Waals surface area (Å²) in [5, 5.41) is 0. The Morgan fingerprint density at radius 1 is 1.41 bits per heavy atom. The van der Waals surface area contributed by atoms with E-state index in [-0.39, 0.29) is 12.1 Å². The summed E-state index contributed by atoms with van der Waals surface area (Å²) in [6.45, 7) is 4.37. The number of carbonyl (C=O) groups is 1. The largest absolute Gasteiger partial charge is 0.461 e. The fourth-order valence-electron chi connectivity index (χ4n) is 2.33. The number of rotatable bonds is 3. The lowest BCUT2D eigenvalue weighted by Crippen LogP contribution is -2.39. The van der Waals surface area contributed by atoms with E-state index in [0.29, 0.717) is 0 Å². The number of nitrogens with zero attached hydrogens (tertiary/aromatic N) is 1. The highest BCUT2D eigenvalue weighted by molar-refractivity contribution is 5.66. The first-order valence-electron chi connectivity index (χ1n) is 6.17. The Hall–Kier alpha value is -1.35. The van der Waals surface area contributed by atoms with Crippen LogP contribution in [0.5, 0.6) is 0 Å². The molecule has 1 unspecified atom stereocenters. The molecule has 0 bridgehead atoms. The Bertz CT molecular complexity index is 364. The fourth-order valence-corrected chi connectivity index (χ4v) is 2.33. The average molecular weight is 233 g/mol. The lowest BCUT2D eigenvalue weighted by atomic mass is 10.1. The Kier molecular flexibility index (Phi) is 4.15. The summed E-state index contributed by atoms with van der Waals surface area (Å²) in [6.07, 6.45) is 2.17. The van der Waals surface area contributed by atoms with Gasteiger partial charge in [0.2, 0.25) is 0 Å². The second kappa shape index (κ2) is 5.82. The maximum Gasteiger partial charge on any atom is 0.302 e. The minimum absolute atomic E-state index is 0.0740. The van der Waals surface area contributed by atoms with Crippen LogP contribution in [-0.2, 0) is 16.1 Å². The number of piperidine rings is 1. The van der Waals surface area contributed by atoms with Gasteiger partial charge in [0.25, 0.3) is 0 Å². The Balaban J connectivity index is 1.87. The number of hydrogen-bond donors (Lipinski definition) is 0. The average Bonchev–Trinajstić information content (AvgIpc) is 2.30. The SMILES string of the molecule is CC(=O)OC1CCCN(Cc2ccccc2)C1. The Labute approximate surface area is 102 Å². The van der Waals surface area contributed by atoms with E-state index in [1.54, 1.807) is 0 Å². The molecule has 92 valence electrons. The van der Waals surface area contributed by atoms with Crippen molar-refractivity contribution >= 4 is 5.97 Å². The van der Waals surface area contributed by atoms with Gasteiger partial charge >= 0.3 is 5.97 Å². The van der Waals surface area contributed by atoms with Crippen LogP contribution in [0.25, 0.3) is 0 Å². The maximum absolute atomic E-state index is 10.9. The Morgan fingerprint density at radius 3 is 2.88 bits per heavy atom. The van der Waals surface area contributed by atoms with Crippen molar-refractivity contribution in [2.24, 2.45) is 0 Å². The van der Waals surface area contributed by atoms with Crippen LogP contribution in [0.15, 0.2) is 30.3 Å². The molecule has 17 heavy (non-hydrogen) atoms. The van der Waals surface area contributed by atoms with Crippen molar-refractivity contribution in [2.45, 2.75) is 32.4 Å². The third kappa shape index (κ3) is 3.86. The van der Waals surface area contributed by atoms with Crippen molar-refractivity contribution < 1.29 is 9.53 Å². The van der Waals surface area contributed by atoms with Gasteiger partial charge in [-0.1, -0.05) is 30.3 Å². The molecule has 1 aromatic rings. The van der Waals surface area contributed by atoms with Gasteiger partial charge in [0, 0.05) is 20.0 Å². The molecule has 1 saturated heterocycles. The number of hydrogen-bond acceptors (Lipinski definition) is 3. The molecule has 3 nitrogen and oxygen atoms in total. The lowest BCUT2D eigenvalue weighted by Gasteiger charge is -2.32. The van der Waals surface area contributed by atoms with Gasteiger partial charge in [0.15, 0.2) is 0 Å². The molecule has 1 heterocycles. The van der Waals surface area contributed by atoms with Gasteiger partial charge in [-0.05, 0) is 24.9 Å². The Morgan fingerprint density at radius 2 is 2.18 bits per heavy atom. The van der Waals surface area contributed by atoms with Crippen LogP contribution in [-0.4, -0.2) is 30.1 Å². The van der Waals surface area contributed by atoms with E-state index in [1.807, 2.05) is 6.07 Å². The molecule has 0 amide bonds. The lowest BCUT2D eigenvalue weighted by molar-refractivity contribution is -0.148. The van der Waals surface area contributed by atoms with E-state index < -0.39 is 0 Å². The second-order valence-electron chi connectivity index (χ2n) is 4.59. The van der Waals surface area contributed by atoms with Crippen molar-refractivity contribution in [3.05, 3.63) is 35.9 Å². The van der Waals surface area contributed by atoms with E-state index in [1.165, 1.54) is 12.5 Å². The molecule has 0 aromatic heterocycles. The van der Waals surface area contributed by atoms with E-state index in [4.69, 9.17) is 4.74 Å². The fraction of sp³-hybridized carbons (Fsp3) is 0.500. The standard InChI is InChI=1S/C14H19NO2/c1-12(16)17-14-8-5-9-15(11-14)10-13-6-3-2-4-7-13/h2-4,6-7,14H,5,8-11H2,1H3. The molecule has 1 aliphatic heterocycles. The molecule has 0 radical (unpaired) electrons. The summed E-state index contributed by atoms with van der Waals surface area (Å²) >= 11 is 0. The zero-order valence-electron chi connectivity index (χ0n) is 10.3. The summed E-state index contributed by atoms with van der Waals surface area (Å²) in [5.74, 6) is -0.170. The number of carbonyl (C=O) groups excluding carboxylic acids is 1. The molecule has 0 aliphatic carbocycles. The highest BCUT2D eigenvalue weighted by Crippen LogP contribution is 2.16. The first-order valence-corrected chi connectivity index (χ1v) is 6.17. The smallest absolute Gasteiger partial charge is 0.302 e. The van der Waals surface area contributed by atoms with Crippen LogP contribution < -0.4 is 0 Å². The van der Waals surface area contributed by atoms with Crippen molar-refractivity contribution in [1.29, 1.82) is 0 Å². The van der Waals surface area contributed by atoms with E-state index in [9.17, 15) is 4.79 Å². The van der Waals surface area contributed by atoms with Crippen LogP contribution in [0.2, 0.25) is 0 Å². The number of benzene rings is 1. The minimum atomic E-state index is -0.170. The zero-order chi connectivity index (χ0) is 12.1. The van der Waals surface area contributed by atoms with Crippen molar-refractivity contribution in [3.8, 4) is 0 Å². The number of ether oxygens (including phenoxy) is 1. The van der Waals surface area contributed by atoms with Crippen LogP contribution >= 0.6 is 0 Å². The van der Waals surface area contributed by atoms with E-state index in [0.717, 1.165) is 32.5 Å². The third-order valence-corrected chi connectivity index (χ3v) is 3.04. The first-order chi connectivity index (χ1) is 8.24. The number of likely N-dealkylation sites (tertiary alicyclic amines) is 1. The van der Waals surface area contributed by atoms with Crippen LogP contribution in [0.4, 0.5) is 0 Å². The van der Waals surface area contributed by atoms with Crippen molar-refractivity contribution in [2.75, 3.05) is 13.1 Å². The quantitative estimate of drug-likeness (QED) is 0.750. The van der Waals surface area contributed by atoms with Crippen molar-refractivity contribution in [1.82, 2.24) is 4.90 Å². The number of esters is 1. The highest BCUT2D eigenvalue weighted by atomic mass is 16.5. The highest BCUT2D eigenvalue weighted by Gasteiger charge is 2.21. The molecule has 2 rings (SSSR count). The van der Waals surface area contributed by atoms with E-state index >= 15 is 0 Å². The molecule has 0 spiro atoms. The molecule has 1 aromatic carbocycles. The molecule has 1 aliphatic rings. The molecule has 3 heteroatoms. The van der Waals surface area contributed by atoms with Gasteiger partial charge in [-0.15, -0.1) is 0 Å². The van der Waals surface area contributed by atoms with Gasteiger partial charge < -0.3 is 4.74 Å². The zero-order valence-corrected chi connectivity index (χ0v) is 10.3. The van der Waals surface area contributed by atoms with Crippen LogP contribution in [0.3, 0.4) is 0 Å². The van der Waals surface area contributed by atoms with Crippen molar-refractivity contribution in [3.63, 3.8) is 0 Å². The molecule has 1 atom stereocenters. The predicted octanol–water partition coefficient (Wildman–Crippen LogP) is 2.21. The summed E-state index contributed by atoms with van der Waals surface area (Å²) in [6, 6.07) is 10.4. The molecule has 0 N–H and O–H groups in total. The molecular formula is C14H19NO2.